The Morgan fingerprint density at radius 1 is 1.30 bits per heavy atom. The monoisotopic (exact) mass is 292 g/mol. The van der Waals surface area contributed by atoms with Crippen molar-refractivity contribution >= 4 is 5.69 Å². The molecule has 1 aromatic carbocycles. The SMILES string of the molecule is COCC(CNc1ccc(CN)c(C(F)(F)F)c1)OC. The maximum atomic E-state index is 12.9. The number of hydrogen-bond acceptors (Lipinski definition) is 4. The van der Waals surface area contributed by atoms with Crippen molar-refractivity contribution in [2.24, 2.45) is 5.73 Å². The first-order valence-electron chi connectivity index (χ1n) is 6.08. The Morgan fingerprint density at radius 3 is 2.50 bits per heavy atom. The molecule has 0 aliphatic carbocycles. The molecule has 0 spiro atoms. The largest absolute Gasteiger partial charge is 0.416 e. The van der Waals surface area contributed by atoms with E-state index in [-0.39, 0.29) is 18.2 Å². The molecule has 3 N–H and O–H groups in total. The summed E-state index contributed by atoms with van der Waals surface area (Å²) in [5, 5.41) is 2.90. The van der Waals surface area contributed by atoms with Crippen molar-refractivity contribution in [1.82, 2.24) is 0 Å². The molecular weight excluding hydrogens is 273 g/mol. The molecule has 0 aromatic heterocycles. The topological polar surface area (TPSA) is 56.5 Å². The van der Waals surface area contributed by atoms with Gasteiger partial charge in [-0.3, -0.25) is 0 Å². The molecule has 0 aliphatic heterocycles. The summed E-state index contributed by atoms with van der Waals surface area (Å²) < 4.78 is 48.7. The third-order valence-corrected chi connectivity index (χ3v) is 2.85. The molecule has 0 saturated carbocycles. The second-order valence-electron chi connectivity index (χ2n) is 4.27. The van der Waals surface area contributed by atoms with Gasteiger partial charge in [-0.25, -0.2) is 0 Å². The second-order valence-corrected chi connectivity index (χ2v) is 4.27. The van der Waals surface area contributed by atoms with Crippen LogP contribution in [0.25, 0.3) is 0 Å². The molecule has 7 heteroatoms. The predicted octanol–water partition coefficient (Wildman–Crippen LogP) is 2.24. The maximum absolute atomic E-state index is 12.9. The lowest BCUT2D eigenvalue weighted by Gasteiger charge is -2.18. The minimum atomic E-state index is -4.42. The number of ether oxygens (including phenoxy) is 2. The molecule has 1 aromatic rings. The van der Waals surface area contributed by atoms with Gasteiger partial charge in [-0.15, -0.1) is 0 Å². The number of methoxy groups -OCH3 is 2. The Hall–Kier alpha value is -1.31. The molecular formula is C13H19F3N2O2. The van der Waals surface area contributed by atoms with Gasteiger partial charge in [0.15, 0.2) is 0 Å². The number of benzene rings is 1. The number of rotatable bonds is 7. The van der Waals surface area contributed by atoms with Crippen LogP contribution in [0, 0.1) is 0 Å². The van der Waals surface area contributed by atoms with Crippen LogP contribution in [0.15, 0.2) is 18.2 Å². The maximum Gasteiger partial charge on any atom is 0.416 e. The van der Waals surface area contributed by atoms with Crippen molar-refractivity contribution in [3.05, 3.63) is 29.3 Å². The molecule has 114 valence electrons. The van der Waals surface area contributed by atoms with E-state index in [0.29, 0.717) is 18.8 Å². The highest BCUT2D eigenvalue weighted by molar-refractivity contribution is 5.49. The molecule has 1 atom stereocenters. The summed E-state index contributed by atoms with van der Waals surface area (Å²) in [6.45, 7) is 0.555. The molecule has 0 aliphatic rings. The number of nitrogens with one attached hydrogen (secondary N) is 1. The number of hydrogen-bond donors (Lipinski definition) is 2. The van der Waals surface area contributed by atoms with Crippen LogP contribution in [-0.4, -0.2) is 33.5 Å². The molecule has 0 bridgehead atoms. The van der Waals surface area contributed by atoms with Crippen molar-refractivity contribution in [3.63, 3.8) is 0 Å². The normalized spacial score (nSPS) is 13.3. The molecule has 0 fully saturated rings. The third kappa shape index (κ3) is 4.66. The van der Waals surface area contributed by atoms with Gasteiger partial charge in [0, 0.05) is 33.0 Å². The van der Waals surface area contributed by atoms with Gasteiger partial charge in [-0.2, -0.15) is 13.2 Å². The first-order valence-corrected chi connectivity index (χ1v) is 6.08. The highest BCUT2D eigenvalue weighted by Gasteiger charge is 2.33. The van der Waals surface area contributed by atoms with E-state index in [0.717, 1.165) is 6.07 Å². The van der Waals surface area contributed by atoms with E-state index < -0.39 is 11.7 Å². The van der Waals surface area contributed by atoms with Crippen LogP contribution in [0.3, 0.4) is 0 Å². The van der Waals surface area contributed by atoms with Crippen LogP contribution in [0.2, 0.25) is 0 Å². The third-order valence-electron chi connectivity index (χ3n) is 2.85. The fourth-order valence-corrected chi connectivity index (χ4v) is 1.76. The van der Waals surface area contributed by atoms with Crippen molar-refractivity contribution < 1.29 is 22.6 Å². The van der Waals surface area contributed by atoms with Gasteiger partial charge >= 0.3 is 6.18 Å². The van der Waals surface area contributed by atoms with Gasteiger partial charge in [0.1, 0.15) is 0 Å². The molecule has 4 nitrogen and oxygen atoms in total. The Kier molecular flexibility index (Phi) is 6.25. The lowest BCUT2D eigenvalue weighted by Crippen LogP contribution is -2.26. The summed E-state index contributed by atoms with van der Waals surface area (Å²) in [7, 11) is 3.05. The summed E-state index contributed by atoms with van der Waals surface area (Å²) in [5.41, 5.74) is 5.05. The van der Waals surface area contributed by atoms with E-state index in [1.54, 1.807) is 6.07 Å². The summed E-state index contributed by atoms with van der Waals surface area (Å²) in [6.07, 6.45) is -4.65. The molecule has 0 heterocycles. The van der Waals surface area contributed by atoms with E-state index in [2.05, 4.69) is 5.32 Å². The van der Waals surface area contributed by atoms with E-state index >= 15 is 0 Å². The average molecular weight is 292 g/mol. The first kappa shape index (κ1) is 16.7. The summed E-state index contributed by atoms with van der Waals surface area (Å²) in [6, 6.07) is 4.00. The summed E-state index contributed by atoms with van der Waals surface area (Å²) >= 11 is 0. The smallest absolute Gasteiger partial charge is 0.382 e. The Labute approximate surface area is 116 Å². The highest BCUT2D eigenvalue weighted by atomic mass is 19.4. The zero-order chi connectivity index (χ0) is 15.2. The average Bonchev–Trinajstić information content (AvgIpc) is 2.42. The quantitative estimate of drug-likeness (QED) is 0.809. The predicted molar refractivity (Wildman–Crippen MR) is 70.5 cm³/mol. The Balaban J connectivity index is 2.82. The van der Waals surface area contributed by atoms with Gasteiger partial charge in [-0.1, -0.05) is 6.07 Å². The minimum Gasteiger partial charge on any atom is -0.382 e. The van der Waals surface area contributed by atoms with Gasteiger partial charge in [0.2, 0.25) is 0 Å². The van der Waals surface area contributed by atoms with Crippen LogP contribution in [0.5, 0.6) is 0 Å². The van der Waals surface area contributed by atoms with Crippen molar-refractivity contribution in [1.29, 1.82) is 0 Å². The molecule has 0 saturated heterocycles. The molecule has 0 radical (unpaired) electrons. The van der Waals surface area contributed by atoms with E-state index in [1.807, 2.05) is 0 Å². The number of nitrogens with two attached hydrogens (primary N) is 1. The molecule has 1 rings (SSSR count). The summed E-state index contributed by atoms with van der Waals surface area (Å²) in [5.74, 6) is 0. The van der Waals surface area contributed by atoms with Crippen molar-refractivity contribution in [2.45, 2.75) is 18.8 Å². The highest BCUT2D eigenvalue weighted by Crippen LogP contribution is 2.33. The first-order chi connectivity index (χ1) is 9.42. The van der Waals surface area contributed by atoms with Gasteiger partial charge in [0.05, 0.1) is 18.3 Å². The number of anilines is 1. The summed E-state index contributed by atoms with van der Waals surface area (Å²) in [4.78, 5) is 0. The second kappa shape index (κ2) is 7.47. The van der Waals surface area contributed by atoms with E-state index in [1.165, 1.54) is 20.3 Å². The standard InChI is InChI=1S/C13H19F3N2O2/c1-19-8-11(20-2)7-18-10-4-3-9(6-17)12(5-10)13(14,15)16/h3-5,11,18H,6-8,17H2,1-2H3. The van der Waals surface area contributed by atoms with Gasteiger partial charge in [-0.05, 0) is 17.7 Å². The van der Waals surface area contributed by atoms with Crippen LogP contribution in [0.1, 0.15) is 11.1 Å². The van der Waals surface area contributed by atoms with Crippen molar-refractivity contribution in [2.75, 3.05) is 32.7 Å². The number of halogens is 3. The van der Waals surface area contributed by atoms with Crippen LogP contribution in [-0.2, 0) is 22.2 Å². The fourth-order valence-electron chi connectivity index (χ4n) is 1.76. The van der Waals surface area contributed by atoms with E-state index in [4.69, 9.17) is 15.2 Å². The van der Waals surface area contributed by atoms with Crippen LogP contribution < -0.4 is 11.1 Å². The molecule has 20 heavy (non-hydrogen) atoms. The lowest BCUT2D eigenvalue weighted by atomic mass is 10.1. The van der Waals surface area contributed by atoms with E-state index in [9.17, 15) is 13.2 Å². The van der Waals surface area contributed by atoms with Crippen LogP contribution in [0.4, 0.5) is 18.9 Å². The van der Waals surface area contributed by atoms with Crippen molar-refractivity contribution in [3.8, 4) is 0 Å². The zero-order valence-corrected chi connectivity index (χ0v) is 11.5. The Bertz CT molecular complexity index is 425. The number of alkyl halides is 3. The van der Waals surface area contributed by atoms with Gasteiger partial charge < -0.3 is 20.5 Å². The molecule has 1 unspecified atom stereocenters. The minimum absolute atomic E-state index is 0.0724. The zero-order valence-electron chi connectivity index (χ0n) is 11.5. The lowest BCUT2D eigenvalue weighted by molar-refractivity contribution is -0.138. The fraction of sp³-hybridized carbons (Fsp3) is 0.538. The molecule has 0 amide bonds. The van der Waals surface area contributed by atoms with Crippen LogP contribution >= 0.6 is 0 Å². The van der Waals surface area contributed by atoms with Gasteiger partial charge in [0.25, 0.3) is 0 Å². The Morgan fingerprint density at radius 2 is 2.00 bits per heavy atom.